The number of nitrogens with zero attached hydrogens (tertiary/aromatic N) is 1. The van der Waals surface area contributed by atoms with Crippen LogP contribution in [0, 0.1) is 0 Å². The molecule has 6 heteroatoms. The molecule has 0 aliphatic carbocycles. The second-order valence-electron chi connectivity index (χ2n) is 6.55. The summed E-state index contributed by atoms with van der Waals surface area (Å²) in [6.45, 7) is 4.68. The molecule has 0 saturated carbocycles. The Labute approximate surface area is 164 Å². The van der Waals surface area contributed by atoms with Crippen molar-refractivity contribution in [2.45, 2.75) is 65.3 Å². The molecule has 4 nitrogen and oxygen atoms in total. The highest BCUT2D eigenvalue weighted by molar-refractivity contribution is 6.60. The van der Waals surface area contributed by atoms with Gasteiger partial charge in [0.2, 0.25) is 0 Å². The molecule has 144 valence electrons. The van der Waals surface area contributed by atoms with Crippen molar-refractivity contribution >= 4 is 8.80 Å². The van der Waals surface area contributed by atoms with E-state index in [1.807, 2.05) is 0 Å². The van der Waals surface area contributed by atoms with Crippen LogP contribution in [0.5, 0.6) is 0 Å². The summed E-state index contributed by atoms with van der Waals surface area (Å²) < 4.78 is 17.5. The van der Waals surface area contributed by atoms with Crippen molar-refractivity contribution in [3.8, 4) is 0 Å². The highest BCUT2D eigenvalue weighted by atomic mass is 127. The topological polar surface area (TPSA) is 27.7 Å². The number of halogens is 1. The van der Waals surface area contributed by atoms with Crippen molar-refractivity contribution in [3.63, 3.8) is 0 Å². The van der Waals surface area contributed by atoms with Crippen LogP contribution in [0.2, 0.25) is 6.04 Å². The van der Waals surface area contributed by atoms with E-state index in [1.54, 1.807) is 21.3 Å². The van der Waals surface area contributed by atoms with Gasteiger partial charge in [0.1, 0.15) is 0 Å². The lowest BCUT2D eigenvalue weighted by atomic mass is 10.1. The molecule has 0 aliphatic rings. The fraction of sp³-hybridized carbons (Fsp3) is 1.00. The second kappa shape index (κ2) is 16.3. The van der Waals surface area contributed by atoms with Crippen molar-refractivity contribution in [2.75, 3.05) is 48.5 Å². The average molecular weight is 464 g/mol. The number of hydrogen-bond donors (Lipinski definition) is 0. The minimum atomic E-state index is -2.38. The summed E-state index contributed by atoms with van der Waals surface area (Å²) in [5.41, 5.74) is 0. The molecular formula is C17H42INO3Si. The molecule has 0 atom stereocenters. The van der Waals surface area contributed by atoms with Crippen molar-refractivity contribution in [3.05, 3.63) is 0 Å². The Balaban J connectivity index is -0.00000200. The lowest BCUT2D eigenvalue weighted by molar-refractivity contribution is -0.890. The van der Waals surface area contributed by atoms with Gasteiger partial charge in [-0.25, -0.2) is 0 Å². The first-order chi connectivity index (χ1) is 9.95. The molecule has 0 amide bonds. The van der Waals surface area contributed by atoms with Gasteiger partial charge in [-0.3, -0.25) is 0 Å². The van der Waals surface area contributed by atoms with Gasteiger partial charge in [0, 0.05) is 33.8 Å². The summed E-state index contributed by atoms with van der Waals surface area (Å²) in [7, 11) is 7.33. The average Bonchev–Trinajstić information content (AvgIpc) is 2.48. The Bertz CT molecular complexity index is 244. The minimum Gasteiger partial charge on any atom is -1.00 e. The number of hydrogen-bond acceptors (Lipinski definition) is 3. The molecule has 0 spiro atoms. The molecule has 0 saturated heterocycles. The zero-order valence-electron chi connectivity index (χ0n) is 15.6. The van der Waals surface area contributed by atoms with Crippen LogP contribution in [0.25, 0.3) is 0 Å². The van der Waals surface area contributed by atoms with Crippen molar-refractivity contribution < 1.29 is 41.7 Å². The van der Waals surface area contributed by atoms with E-state index in [0.717, 1.165) is 23.5 Å². The summed E-state index contributed by atoms with van der Waals surface area (Å²) in [5.74, 6) is 0. The molecule has 0 rings (SSSR count). The van der Waals surface area contributed by atoms with Gasteiger partial charge < -0.3 is 41.7 Å². The molecule has 0 aromatic carbocycles. The first-order valence-corrected chi connectivity index (χ1v) is 10.4. The lowest BCUT2D eigenvalue weighted by Gasteiger charge is -2.31. The van der Waals surface area contributed by atoms with Crippen LogP contribution in [-0.2, 0) is 13.3 Å². The van der Waals surface area contributed by atoms with Crippen molar-refractivity contribution in [1.82, 2.24) is 0 Å². The summed E-state index contributed by atoms with van der Waals surface area (Å²) in [6.07, 6.45) is 9.29. The van der Waals surface area contributed by atoms with Crippen LogP contribution in [0.3, 0.4) is 0 Å². The highest BCUT2D eigenvalue weighted by Crippen LogP contribution is 2.17. The Morgan fingerprint density at radius 1 is 0.739 bits per heavy atom. The van der Waals surface area contributed by atoms with Gasteiger partial charge >= 0.3 is 8.80 Å². The van der Waals surface area contributed by atoms with Crippen LogP contribution < -0.4 is 24.0 Å². The predicted octanol–water partition coefficient (Wildman–Crippen LogP) is 1.33. The maximum atomic E-state index is 5.47. The molecule has 0 N–H and O–H groups in total. The first kappa shape index (κ1) is 28.6. The zero-order valence-corrected chi connectivity index (χ0v) is 18.8. The van der Waals surface area contributed by atoms with Crippen molar-refractivity contribution in [2.24, 2.45) is 0 Å². The third-order valence-corrected chi connectivity index (χ3v) is 7.13. The Kier molecular flexibility index (Phi) is 20.2. The standard InChI is InChI=1S/C16H38NO3Si.CH4.HI/c1-7-8-9-10-11-12-14-17(2,3)15-13-16-21(18-4,19-5)20-6;;/h7-16H2,1-6H3;1H4;1H/q+1;;/p-1. The summed E-state index contributed by atoms with van der Waals surface area (Å²) in [4.78, 5) is 0. The monoisotopic (exact) mass is 463 g/mol. The number of rotatable bonds is 14. The van der Waals surface area contributed by atoms with Gasteiger partial charge in [0.15, 0.2) is 0 Å². The van der Waals surface area contributed by atoms with Gasteiger partial charge in [-0.2, -0.15) is 0 Å². The van der Waals surface area contributed by atoms with E-state index in [4.69, 9.17) is 13.3 Å². The Morgan fingerprint density at radius 2 is 1.17 bits per heavy atom. The van der Waals surface area contributed by atoms with Crippen LogP contribution in [0.1, 0.15) is 59.3 Å². The molecule has 0 aromatic heterocycles. The minimum absolute atomic E-state index is 0. The maximum Gasteiger partial charge on any atom is 0.500 e. The molecular weight excluding hydrogens is 421 g/mol. The Hall–Kier alpha value is 0.787. The normalized spacial score (nSPS) is 11.7. The summed E-state index contributed by atoms with van der Waals surface area (Å²) in [6, 6.07) is 0.898. The van der Waals surface area contributed by atoms with Gasteiger partial charge in [0.05, 0.1) is 27.2 Å². The molecule has 0 heterocycles. The van der Waals surface area contributed by atoms with Gasteiger partial charge in [-0.05, 0) is 12.8 Å². The maximum absolute atomic E-state index is 5.47. The van der Waals surface area contributed by atoms with Crippen LogP contribution >= 0.6 is 0 Å². The van der Waals surface area contributed by atoms with Gasteiger partial charge in [-0.1, -0.05) is 40.0 Å². The summed E-state index contributed by atoms with van der Waals surface area (Å²) in [5, 5.41) is 0. The van der Waals surface area contributed by atoms with Crippen molar-refractivity contribution in [1.29, 1.82) is 0 Å². The van der Waals surface area contributed by atoms with Crippen LogP contribution in [0.4, 0.5) is 0 Å². The first-order valence-electron chi connectivity index (χ1n) is 8.42. The van der Waals surface area contributed by atoms with E-state index in [2.05, 4.69) is 21.0 Å². The smallest absolute Gasteiger partial charge is 0.500 e. The molecule has 0 aromatic rings. The third kappa shape index (κ3) is 13.7. The zero-order chi connectivity index (χ0) is 16.2. The van der Waals surface area contributed by atoms with E-state index in [9.17, 15) is 0 Å². The molecule has 0 fully saturated rings. The van der Waals surface area contributed by atoms with Gasteiger partial charge in [-0.15, -0.1) is 0 Å². The summed E-state index contributed by atoms with van der Waals surface area (Å²) >= 11 is 0. The molecule has 23 heavy (non-hydrogen) atoms. The molecule has 0 bridgehead atoms. The number of quaternary nitrogens is 1. The van der Waals surface area contributed by atoms with Crippen LogP contribution in [-0.4, -0.2) is 61.8 Å². The second-order valence-corrected chi connectivity index (χ2v) is 9.64. The highest BCUT2D eigenvalue weighted by Gasteiger charge is 2.37. The van der Waals surface area contributed by atoms with E-state index in [1.165, 1.54) is 45.1 Å². The quantitative estimate of drug-likeness (QED) is 0.168. The van der Waals surface area contributed by atoms with Crippen LogP contribution in [0.15, 0.2) is 0 Å². The molecule has 0 unspecified atom stereocenters. The lowest BCUT2D eigenvalue weighted by Crippen LogP contribution is -3.00. The fourth-order valence-corrected chi connectivity index (χ4v) is 4.42. The largest absolute Gasteiger partial charge is 1.00 e. The Morgan fingerprint density at radius 3 is 1.65 bits per heavy atom. The van der Waals surface area contributed by atoms with E-state index in [-0.39, 0.29) is 31.4 Å². The van der Waals surface area contributed by atoms with E-state index in [0.29, 0.717) is 0 Å². The number of unbranched alkanes of at least 4 members (excludes halogenated alkanes) is 5. The van der Waals surface area contributed by atoms with E-state index < -0.39 is 8.80 Å². The third-order valence-electron chi connectivity index (χ3n) is 4.30. The fourth-order valence-electron chi connectivity index (χ4n) is 2.71. The predicted molar refractivity (Wildman–Crippen MR) is 98.2 cm³/mol. The SMILES string of the molecule is C.CCCCCCCC[N+](C)(C)CCC[Si](OC)(OC)OC.[I-]. The molecule has 0 radical (unpaired) electrons. The van der Waals surface area contributed by atoms with Gasteiger partial charge in [0.25, 0.3) is 0 Å². The molecule has 0 aliphatic heterocycles. The van der Waals surface area contributed by atoms with E-state index >= 15 is 0 Å².